The van der Waals surface area contributed by atoms with E-state index >= 15 is 0 Å². The fraction of sp³-hybridized carbons (Fsp3) is 0.588. The van der Waals surface area contributed by atoms with Crippen molar-refractivity contribution in [3.8, 4) is 0 Å². The van der Waals surface area contributed by atoms with Gasteiger partial charge in [-0.3, -0.25) is 71.9 Å². The van der Waals surface area contributed by atoms with Gasteiger partial charge in [-0.15, -0.1) is 0 Å². The van der Waals surface area contributed by atoms with E-state index in [1.54, 1.807) is 0 Å². The van der Waals surface area contributed by atoms with Crippen LogP contribution in [0.15, 0.2) is 25.0 Å². The number of nitrogens with two attached hydrogens (primary N) is 3. The fourth-order valence-electron chi connectivity index (χ4n) is 9.80. The first-order valence-corrected chi connectivity index (χ1v) is 33.5. The van der Waals surface area contributed by atoms with Gasteiger partial charge in [-0.05, 0) is 39.0 Å². The number of carboxylic acid groups (broad SMARTS) is 1. The van der Waals surface area contributed by atoms with Crippen molar-refractivity contribution in [2.75, 3.05) is 49.3 Å². The first kappa shape index (κ1) is 71.9. The number of nitrogens with zero attached hydrogens (tertiary/aromatic N) is 4. The molecule has 0 aromatic carbocycles. The average Bonchev–Trinajstić information content (AvgIpc) is 1.80. The van der Waals surface area contributed by atoms with Crippen molar-refractivity contribution in [1.29, 1.82) is 0 Å². The van der Waals surface area contributed by atoms with Gasteiger partial charge < -0.3 is 100 Å². The molecule has 4 aliphatic rings. The number of amides is 14. The molecular formula is C51H73N19O17S4. The number of imidazole rings is 2. The van der Waals surface area contributed by atoms with E-state index in [2.05, 4.69) is 73.1 Å². The standard InChI is InChI=1S/C51H73N19O17S4/c1-23-41(77)62-27(10-24-14-55-21-57-24)43(79)61-26(6-7-39(74)75)42(78)63-28(11-25-15-56-22-58-25)44(80)66-31(40(54)76)17-88-90-20-34-48(84)65-30(16-71)45(81)64-29(12-37(53)72)50(86)70-9-3-5-36(70)51(87)69-8-2-4-35(69)49(85)68-33(46(82)59-23)19-91-89-18-32(47(83)67-34)60-38(73)13-52/h14-15,21-23,26-36,71H,2-13,16-20,52H2,1H3,(H2,53,72)(H2,54,76)(H,55,57)(H,56,58)(H,59,82)(H,60,73)(H,61,79)(H,62,77)(H,63,78)(H,64,81)(H,65,84)(H,66,80)(H,67,83)(H,68,85)(H,74,75)/t23-,26-,27-,28-,29-,30-,31-,32-,33-,34-,35-,36-/m0/s1. The summed E-state index contributed by atoms with van der Waals surface area (Å²) in [4.78, 5) is 224. The number of nitrogens with one attached hydrogen (secondary N) is 12. The third-order valence-electron chi connectivity index (χ3n) is 14.6. The Morgan fingerprint density at radius 3 is 1.64 bits per heavy atom. The Kier molecular flexibility index (Phi) is 27.5. The van der Waals surface area contributed by atoms with Crippen LogP contribution < -0.4 is 70.4 Å². The van der Waals surface area contributed by atoms with Crippen LogP contribution >= 0.6 is 43.2 Å². The number of fused-ring (bicyclic) bond motifs is 10. The van der Waals surface area contributed by atoms with E-state index in [1.165, 1.54) is 36.9 Å². The number of carbonyl (C=O) groups excluding carboxylic acids is 14. The maximum absolute atomic E-state index is 14.6. The summed E-state index contributed by atoms with van der Waals surface area (Å²) in [6, 6.07) is -19.0. The van der Waals surface area contributed by atoms with E-state index in [-0.39, 0.29) is 80.3 Å². The first-order chi connectivity index (χ1) is 43.4. The number of H-pyrrole nitrogens is 2. The normalized spacial score (nSPS) is 28.1. The molecule has 2 aromatic rings. The fourth-order valence-corrected chi connectivity index (χ4v) is 14.5. The number of aromatic amines is 2. The number of aliphatic carboxylic acids is 1. The van der Waals surface area contributed by atoms with Gasteiger partial charge in [0.25, 0.3) is 0 Å². The minimum absolute atomic E-state index is 0.0131. The predicted molar refractivity (Wildman–Crippen MR) is 325 cm³/mol. The Morgan fingerprint density at radius 2 is 1.08 bits per heavy atom. The smallest absolute Gasteiger partial charge is 0.303 e. The molecule has 0 aliphatic carbocycles. The van der Waals surface area contributed by atoms with Crippen molar-refractivity contribution in [3.63, 3.8) is 0 Å². The van der Waals surface area contributed by atoms with E-state index < -0.39 is 199 Å². The number of hydrogen-bond acceptors (Lipinski definition) is 23. The summed E-state index contributed by atoms with van der Waals surface area (Å²) in [7, 11) is 3.40. The van der Waals surface area contributed by atoms with Gasteiger partial charge in [0, 0.05) is 79.1 Å². The van der Waals surface area contributed by atoms with Gasteiger partial charge in [-0.25, -0.2) is 9.97 Å². The zero-order valence-electron chi connectivity index (χ0n) is 48.9. The van der Waals surface area contributed by atoms with Crippen molar-refractivity contribution in [2.24, 2.45) is 17.2 Å². The quantitative estimate of drug-likeness (QED) is 0.0828. The highest BCUT2D eigenvalue weighted by Crippen LogP contribution is 2.28. The molecule has 0 saturated carbocycles. The number of primary amides is 2. The highest BCUT2D eigenvalue weighted by Gasteiger charge is 2.45. The number of rotatable bonds is 13. The van der Waals surface area contributed by atoms with Crippen LogP contribution in [0.1, 0.15) is 63.3 Å². The van der Waals surface area contributed by atoms with Crippen LogP contribution in [-0.4, -0.2) is 250 Å². The summed E-state index contributed by atoms with van der Waals surface area (Å²) in [6.45, 7) is -0.574. The van der Waals surface area contributed by atoms with Crippen LogP contribution in [0.2, 0.25) is 0 Å². The van der Waals surface area contributed by atoms with Crippen LogP contribution in [0.4, 0.5) is 0 Å². The highest BCUT2D eigenvalue weighted by molar-refractivity contribution is 8.77. The molecule has 40 heteroatoms. The second kappa shape index (κ2) is 34.8. The number of carboxylic acids is 1. The summed E-state index contributed by atoms with van der Waals surface area (Å²) >= 11 is 0. The molecule has 4 aliphatic heterocycles. The van der Waals surface area contributed by atoms with Crippen LogP contribution in [0.3, 0.4) is 0 Å². The predicted octanol–water partition coefficient (Wildman–Crippen LogP) is -8.27. The van der Waals surface area contributed by atoms with E-state index in [1.807, 2.05) is 0 Å². The molecule has 4 saturated heterocycles. The monoisotopic (exact) mass is 1350 g/mol. The zero-order chi connectivity index (χ0) is 66.5. The van der Waals surface area contributed by atoms with Crippen LogP contribution in [0.5, 0.6) is 0 Å². The maximum Gasteiger partial charge on any atom is 0.303 e. The van der Waals surface area contributed by atoms with E-state index in [4.69, 9.17) is 17.2 Å². The molecule has 14 amide bonds. The highest BCUT2D eigenvalue weighted by atomic mass is 33.1. The lowest BCUT2D eigenvalue weighted by Gasteiger charge is -2.33. The molecule has 0 spiro atoms. The van der Waals surface area contributed by atoms with Gasteiger partial charge in [-0.2, -0.15) is 0 Å². The van der Waals surface area contributed by atoms with Crippen LogP contribution in [-0.2, 0) is 84.8 Å². The zero-order valence-corrected chi connectivity index (χ0v) is 52.2. The Morgan fingerprint density at radius 1 is 0.582 bits per heavy atom. The lowest BCUT2D eigenvalue weighted by molar-refractivity contribution is -0.148. The summed E-state index contributed by atoms with van der Waals surface area (Å²) in [6.07, 6.45) is 3.10. The molecule has 0 unspecified atom stereocenters. The molecular weight excluding hydrogens is 1280 g/mol. The van der Waals surface area contributed by atoms with Gasteiger partial charge in [0.15, 0.2) is 0 Å². The third kappa shape index (κ3) is 21.2. The largest absolute Gasteiger partial charge is 0.481 e. The summed E-state index contributed by atoms with van der Waals surface area (Å²) in [5, 5.41) is 44.9. The number of hydrogen-bond donors (Lipinski definition) is 17. The number of aromatic nitrogens is 4. The van der Waals surface area contributed by atoms with Gasteiger partial charge in [0.1, 0.15) is 72.5 Å². The van der Waals surface area contributed by atoms with Crippen LogP contribution in [0.25, 0.3) is 0 Å². The molecule has 6 rings (SSSR count). The molecule has 12 atom stereocenters. The van der Waals surface area contributed by atoms with Gasteiger partial charge in [0.05, 0.1) is 32.2 Å². The molecule has 0 radical (unpaired) electrons. The van der Waals surface area contributed by atoms with Crippen LogP contribution in [0, 0.1) is 0 Å². The molecule has 91 heavy (non-hydrogen) atoms. The molecule has 36 nitrogen and oxygen atoms in total. The maximum atomic E-state index is 14.6. The molecule has 20 N–H and O–H groups in total. The van der Waals surface area contributed by atoms with Crippen molar-refractivity contribution in [3.05, 3.63) is 36.4 Å². The summed E-state index contributed by atoms with van der Waals surface area (Å²) in [5.74, 6) is -17.0. The first-order valence-electron chi connectivity index (χ1n) is 28.5. The van der Waals surface area contributed by atoms with E-state index in [9.17, 15) is 82.1 Å². The molecule has 2 aromatic heterocycles. The number of aliphatic hydroxyl groups excluding tert-OH is 1. The van der Waals surface area contributed by atoms with Gasteiger partial charge in [0.2, 0.25) is 82.7 Å². The van der Waals surface area contributed by atoms with Crippen molar-refractivity contribution in [1.82, 2.24) is 82.9 Å². The molecule has 498 valence electrons. The Labute approximate surface area is 534 Å². The molecule has 6 heterocycles. The summed E-state index contributed by atoms with van der Waals surface area (Å²) in [5.41, 5.74) is 17.5. The summed E-state index contributed by atoms with van der Waals surface area (Å²) < 4.78 is 0. The minimum Gasteiger partial charge on any atom is -0.481 e. The Bertz CT molecular complexity index is 3000. The second-order valence-electron chi connectivity index (χ2n) is 21.3. The lowest BCUT2D eigenvalue weighted by atomic mass is 10.1. The third-order valence-corrected chi connectivity index (χ3v) is 19.5. The molecule has 4 fully saturated rings. The minimum atomic E-state index is -1.91. The topological polar surface area (TPSA) is 559 Å². The van der Waals surface area contributed by atoms with Crippen molar-refractivity contribution in [2.45, 2.75) is 137 Å². The SMILES string of the molecule is C[C@@H]1NC(=O)[C@@H]2CSSC[C@H](NC(=O)CN)C(=O)N[C@@H](CSSC[C@@H](C(N)=O)NC(=O)[C@H](Cc3cnc[nH]3)NC(=O)[C@H](CCC(=O)O)NC(=O)[C@H](Cc3cnc[nH]3)NC1=O)C(=O)N[C@@H](CO)C(=O)N[C@@H](CC(N)=O)C(=O)N1CCC[C@H]1C(=O)N1CCC[C@H]1C(=O)N2. The van der Waals surface area contributed by atoms with Gasteiger partial charge in [-0.1, -0.05) is 43.2 Å². The second-order valence-corrected chi connectivity index (χ2v) is 26.4. The van der Waals surface area contributed by atoms with Gasteiger partial charge >= 0.3 is 5.97 Å². The lowest BCUT2D eigenvalue weighted by Crippen LogP contribution is -2.61. The number of carbonyl (C=O) groups is 15. The number of aliphatic hydroxyl groups is 1. The van der Waals surface area contributed by atoms with Crippen molar-refractivity contribution >= 4 is 132 Å². The Hall–Kier alpha value is -8.21. The Balaban J connectivity index is 1.44. The van der Waals surface area contributed by atoms with E-state index in [0.717, 1.165) is 48.1 Å². The molecule has 2 bridgehead atoms. The van der Waals surface area contributed by atoms with E-state index in [0.29, 0.717) is 0 Å². The average molecular weight is 1350 g/mol. The van der Waals surface area contributed by atoms with Crippen molar-refractivity contribution < 1.29 is 82.1 Å².